The lowest BCUT2D eigenvalue weighted by Crippen LogP contribution is -2.26. The molecule has 0 aliphatic heterocycles. The average molecular weight is 285 g/mol. The van der Waals surface area contributed by atoms with E-state index in [0.717, 1.165) is 12.8 Å². The number of anilines is 1. The summed E-state index contributed by atoms with van der Waals surface area (Å²) in [6.45, 7) is 7.24. The third-order valence-corrected chi connectivity index (χ3v) is 4.15. The smallest absolute Gasteiger partial charge is 0.244 e. The zero-order chi connectivity index (χ0) is 14.3. The van der Waals surface area contributed by atoms with Crippen LogP contribution in [0.25, 0.3) is 0 Å². The van der Waals surface area contributed by atoms with Gasteiger partial charge in [-0.05, 0) is 37.8 Å². The molecule has 0 saturated heterocycles. The van der Waals surface area contributed by atoms with Gasteiger partial charge in [-0.25, -0.2) is 18.1 Å². The minimum absolute atomic E-state index is 0.210. The molecule has 0 aromatic carbocycles. The molecule has 0 saturated carbocycles. The Hall–Kier alpha value is -1.14. The van der Waals surface area contributed by atoms with Crippen molar-refractivity contribution in [2.45, 2.75) is 38.5 Å². The molecule has 1 heterocycles. The second kappa shape index (κ2) is 7.45. The molecule has 0 fully saturated rings. The van der Waals surface area contributed by atoms with Crippen LogP contribution in [-0.4, -0.2) is 26.5 Å². The first-order chi connectivity index (χ1) is 8.97. The fraction of sp³-hybridized carbons (Fsp3) is 0.615. The van der Waals surface area contributed by atoms with Crippen molar-refractivity contribution in [2.24, 2.45) is 5.92 Å². The molecule has 5 nitrogen and oxygen atoms in total. The van der Waals surface area contributed by atoms with E-state index < -0.39 is 10.0 Å². The topological polar surface area (TPSA) is 71.1 Å². The van der Waals surface area contributed by atoms with Crippen molar-refractivity contribution in [1.29, 1.82) is 0 Å². The Morgan fingerprint density at radius 3 is 2.74 bits per heavy atom. The molecule has 0 aliphatic rings. The molecule has 1 aromatic heterocycles. The maximum atomic E-state index is 12.2. The van der Waals surface area contributed by atoms with Crippen molar-refractivity contribution in [1.82, 2.24) is 9.71 Å². The van der Waals surface area contributed by atoms with Gasteiger partial charge in [0.1, 0.15) is 10.7 Å². The quantitative estimate of drug-likeness (QED) is 0.719. The Morgan fingerprint density at radius 1 is 1.37 bits per heavy atom. The average Bonchev–Trinajstić information content (AvgIpc) is 2.35. The Morgan fingerprint density at radius 2 is 2.11 bits per heavy atom. The van der Waals surface area contributed by atoms with Gasteiger partial charge in [0.2, 0.25) is 10.0 Å². The Kier molecular flexibility index (Phi) is 6.24. The summed E-state index contributed by atoms with van der Waals surface area (Å²) in [5.74, 6) is 0.988. The molecule has 0 radical (unpaired) electrons. The molecular weight excluding hydrogens is 262 g/mol. The number of sulfonamides is 1. The van der Waals surface area contributed by atoms with Gasteiger partial charge in [-0.1, -0.05) is 13.8 Å². The fourth-order valence-electron chi connectivity index (χ4n) is 1.70. The zero-order valence-corrected chi connectivity index (χ0v) is 12.6. The van der Waals surface area contributed by atoms with Gasteiger partial charge in [-0.3, -0.25) is 0 Å². The van der Waals surface area contributed by atoms with Gasteiger partial charge >= 0.3 is 0 Å². The number of nitrogens with one attached hydrogen (secondary N) is 2. The van der Waals surface area contributed by atoms with E-state index >= 15 is 0 Å². The Bertz CT molecular complexity index is 486. The molecular formula is C13H23N3O2S. The lowest BCUT2D eigenvalue weighted by atomic mass is 10.1. The summed E-state index contributed by atoms with van der Waals surface area (Å²) in [4.78, 5) is 4.27. The summed E-state index contributed by atoms with van der Waals surface area (Å²) in [6, 6.07) is 3.19. The first-order valence-corrected chi connectivity index (χ1v) is 8.14. The molecule has 0 bridgehead atoms. The number of nitrogens with zero attached hydrogens (tertiary/aromatic N) is 1. The normalized spacial score (nSPS) is 11.8. The summed E-state index contributed by atoms with van der Waals surface area (Å²) in [6.07, 6.45) is 3.43. The first-order valence-electron chi connectivity index (χ1n) is 6.66. The van der Waals surface area contributed by atoms with Crippen molar-refractivity contribution in [2.75, 3.05) is 18.4 Å². The maximum absolute atomic E-state index is 12.2. The minimum atomic E-state index is -3.49. The highest BCUT2D eigenvalue weighted by Crippen LogP contribution is 2.17. The highest BCUT2D eigenvalue weighted by atomic mass is 32.2. The predicted molar refractivity (Wildman–Crippen MR) is 77.7 cm³/mol. The van der Waals surface area contributed by atoms with Crippen molar-refractivity contribution in [3.63, 3.8) is 0 Å². The SMILES string of the molecule is CCNc1ncccc1S(=O)(=O)NCCCC(C)C. The summed E-state index contributed by atoms with van der Waals surface area (Å²) in [5, 5.41) is 2.96. The van der Waals surface area contributed by atoms with Crippen molar-refractivity contribution < 1.29 is 8.42 Å². The number of aromatic nitrogens is 1. The number of hydrogen-bond acceptors (Lipinski definition) is 4. The van der Waals surface area contributed by atoms with E-state index in [1.807, 2.05) is 6.92 Å². The van der Waals surface area contributed by atoms with Crippen LogP contribution in [0.5, 0.6) is 0 Å². The van der Waals surface area contributed by atoms with Crippen LogP contribution in [0.15, 0.2) is 23.2 Å². The van der Waals surface area contributed by atoms with E-state index in [4.69, 9.17) is 0 Å². The highest BCUT2D eigenvalue weighted by molar-refractivity contribution is 7.89. The molecule has 0 spiro atoms. The molecule has 0 unspecified atom stereocenters. The van der Waals surface area contributed by atoms with Crippen LogP contribution in [0.1, 0.15) is 33.6 Å². The van der Waals surface area contributed by atoms with E-state index in [9.17, 15) is 8.42 Å². The predicted octanol–water partition coefficient (Wildman–Crippen LogP) is 2.23. The maximum Gasteiger partial charge on any atom is 0.244 e. The number of pyridine rings is 1. The lowest BCUT2D eigenvalue weighted by Gasteiger charge is -2.11. The molecule has 6 heteroatoms. The van der Waals surface area contributed by atoms with Gasteiger partial charge in [0.05, 0.1) is 0 Å². The fourth-order valence-corrected chi connectivity index (χ4v) is 2.91. The molecule has 1 aromatic rings. The lowest BCUT2D eigenvalue weighted by molar-refractivity contribution is 0.540. The van der Waals surface area contributed by atoms with Crippen molar-refractivity contribution in [3.8, 4) is 0 Å². The van der Waals surface area contributed by atoms with Gasteiger partial charge in [0, 0.05) is 19.3 Å². The second-order valence-electron chi connectivity index (χ2n) is 4.81. The van der Waals surface area contributed by atoms with Crippen LogP contribution in [0.2, 0.25) is 0 Å². The molecule has 19 heavy (non-hydrogen) atoms. The van der Waals surface area contributed by atoms with Crippen LogP contribution in [-0.2, 0) is 10.0 Å². The summed E-state index contributed by atoms with van der Waals surface area (Å²) in [7, 11) is -3.49. The molecule has 0 amide bonds. The first kappa shape index (κ1) is 15.9. The summed E-state index contributed by atoms with van der Waals surface area (Å²) < 4.78 is 27.0. The van der Waals surface area contributed by atoms with Crippen molar-refractivity contribution >= 4 is 15.8 Å². The number of hydrogen-bond donors (Lipinski definition) is 2. The standard InChI is InChI=1S/C13H23N3O2S/c1-4-14-13-12(8-6-9-15-13)19(17,18)16-10-5-7-11(2)3/h6,8-9,11,16H,4-5,7,10H2,1-3H3,(H,14,15). The van der Waals surface area contributed by atoms with Crippen LogP contribution in [0.3, 0.4) is 0 Å². The van der Waals surface area contributed by atoms with Crippen LogP contribution in [0.4, 0.5) is 5.82 Å². The molecule has 0 aliphatic carbocycles. The van der Waals surface area contributed by atoms with E-state index in [2.05, 4.69) is 28.9 Å². The van der Waals surface area contributed by atoms with Crippen LogP contribution in [0, 0.1) is 5.92 Å². The summed E-state index contributed by atoms with van der Waals surface area (Å²) in [5.41, 5.74) is 0. The van der Waals surface area contributed by atoms with Gasteiger partial charge in [0.15, 0.2) is 0 Å². The van der Waals surface area contributed by atoms with Gasteiger partial charge in [-0.2, -0.15) is 0 Å². The monoisotopic (exact) mass is 285 g/mol. The van der Waals surface area contributed by atoms with E-state index in [-0.39, 0.29) is 4.90 Å². The molecule has 1 rings (SSSR count). The highest BCUT2D eigenvalue weighted by Gasteiger charge is 2.18. The van der Waals surface area contributed by atoms with Crippen LogP contribution < -0.4 is 10.0 Å². The van der Waals surface area contributed by atoms with Crippen molar-refractivity contribution in [3.05, 3.63) is 18.3 Å². The second-order valence-corrected chi connectivity index (χ2v) is 6.55. The Labute approximate surface area is 115 Å². The molecule has 2 N–H and O–H groups in total. The molecule has 108 valence electrons. The molecule has 0 atom stereocenters. The Balaban J connectivity index is 2.71. The van der Waals surface area contributed by atoms with Gasteiger partial charge < -0.3 is 5.32 Å². The van der Waals surface area contributed by atoms with Crippen LogP contribution >= 0.6 is 0 Å². The van der Waals surface area contributed by atoms with E-state index in [1.165, 1.54) is 0 Å². The minimum Gasteiger partial charge on any atom is -0.369 e. The third-order valence-electron chi connectivity index (χ3n) is 2.65. The van der Waals surface area contributed by atoms with E-state index in [0.29, 0.717) is 24.8 Å². The summed E-state index contributed by atoms with van der Waals surface area (Å²) >= 11 is 0. The largest absolute Gasteiger partial charge is 0.369 e. The van der Waals surface area contributed by atoms with E-state index in [1.54, 1.807) is 18.3 Å². The third kappa shape index (κ3) is 5.16. The zero-order valence-electron chi connectivity index (χ0n) is 11.8. The van der Waals surface area contributed by atoms with Gasteiger partial charge in [-0.15, -0.1) is 0 Å². The number of rotatable bonds is 8. The van der Waals surface area contributed by atoms with Gasteiger partial charge in [0.25, 0.3) is 0 Å².